The van der Waals surface area contributed by atoms with Crippen molar-refractivity contribution in [3.8, 4) is 0 Å². The lowest BCUT2D eigenvalue weighted by molar-refractivity contribution is 0.213. The molecule has 0 heterocycles. The van der Waals surface area contributed by atoms with Gasteiger partial charge < -0.3 is 5.73 Å². The molecule has 16 heavy (non-hydrogen) atoms. The Morgan fingerprint density at radius 2 is 1.94 bits per heavy atom. The van der Waals surface area contributed by atoms with Gasteiger partial charge in [-0.3, -0.25) is 0 Å². The first-order valence-corrected chi connectivity index (χ1v) is 7.71. The molecule has 0 radical (unpaired) electrons. The van der Waals surface area contributed by atoms with Crippen molar-refractivity contribution in [3.05, 3.63) is 0 Å². The summed E-state index contributed by atoms with van der Waals surface area (Å²) in [5.74, 6) is 0.689. The van der Waals surface area contributed by atoms with E-state index in [1.165, 1.54) is 0 Å². The van der Waals surface area contributed by atoms with E-state index in [0.29, 0.717) is 24.8 Å². The van der Waals surface area contributed by atoms with Gasteiger partial charge in [0.2, 0.25) is 10.0 Å². The summed E-state index contributed by atoms with van der Waals surface area (Å²) in [5, 5.41) is 0. The molecule has 0 spiro atoms. The Hall–Kier alpha value is -0.130. The third-order valence-corrected chi connectivity index (χ3v) is 5.83. The van der Waals surface area contributed by atoms with Gasteiger partial charge in [-0.15, -0.1) is 0 Å². The highest BCUT2D eigenvalue weighted by Gasteiger charge is 2.39. The third-order valence-electron chi connectivity index (χ3n) is 3.57. The highest BCUT2D eigenvalue weighted by Crippen LogP contribution is 2.33. The predicted octanol–water partition coefficient (Wildman–Crippen LogP) is 1.18. The Kier molecular flexibility index (Phi) is 4.37. The van der Waals surface area contributed by atoms with E-state index in [1.807, 2.05) is 20.8 Å². The van der Waals surface area contributed by atoms with Gasteiger partial charge in [-0.05, 0) is 32.1 Å². The molecule has 1 atom stereocenters. The summed E-state index contributed by atoms with van der Waals surface area (Å²) in [6, 6.07) is 0. The molecule has 1 saturated carbocycles. The molecule has 0 aliphatic heterocycles. The number of nitrogens with zero attached hydrogens (tertiary/aromatic N) is 1. The van der Waals surface area contributed by atoms with Gasteiger partial charge in [-0.2, -0.15) is 4.31 Å². The number of sulfonamides is 1. The van der Waals surface area contributed by atoms with Gasteiger partial charge in [0, 0.05) is 18.6 Å². The van der Waals surface area contributed by atoms with Crippen molar-refractivity contribution in [2.45, 2.75) is 45.6 Å². The van der Waals surface area contributed by atoms with Gasteiger partial charge in [-0.1, -0.05) is 13.8 Å². The molecule has 1 rings (SSSR count). The van der Waals surface area contributed by atoms with Gasteiger partial charge in [-0.25, -0.2) is 8.42 Å². The summed E-state index contributed by atoms with van der Waals surface area (Å²) in [5.41, 5.74) is 5.30. The van der Waals surface area contributed by atoms with Crippen molar-refractivity contribution in [2.75, 3.05) is 18.8 Å². The standard InChI is InChI=1S/C11H24N2O2S/c1-4-11(3,9-12)13(5-2)16(14,15)8-10-6-7-10/h10H,4-9,12H2,1-3H3. The molecule has 0 aromatic heterocycles. The first-order chi connectivity index (χ1) is 7.39. The smallest absolute Gasteiger partial charge is 0.214 e. The Labute approximate surface area is 99.2 Å². The topological polar surface area (TPSA) is 63.4 Å². The Morgan fingerprint density at radius 3 is 2.25 bits per heavy atom. The summed E-state index contributed by atoms with van der Waals surface area (Å²) in [7, 11) is -3.14. The van der Waals surface area contributed by atoms with Gasteiger partial charge in [0.05, 0.1) is 5.75 Å². The monoisotopic (exact) mass is 248 g/mol. The zero-order valence-corrected chi connectivity index (χ0v) is 11.4. The van der Waals surface area contributed by atoms with Crippen molar-refractivity contribution in [3.63, 3.8) is 0 Å². The van der Waals surface area contributed by atoms with Gasteiger partial charge in [0.1, 0.15) is 0 Å². The van der Waals surface area contributed by atoms with E-state index in [2.05, 4.69) is 0 Å². The molecule has 1 fully saturated rings. The van der Waals surface area contributed by atoms with E-state index in [4.69, 9.17) is 5.73 Å². The maximum atomic E-state index is 12.2. The molecule has 0 bridgehead atoms. The van der Waals surface area contributed by atoms with Crippen LogP contribution in [0.4, 0.5) is 0 Å². The molecule has 2 N–H and O–H groups in total. The van der Waals surface area contributed by atoms with Crippen LogP contribution in [0.2, 0.25) is 0 Å². The number of nitrogens with two attached hydrogens (primary N) is 1. The fraction of sp³-hybridized carbons (Fsp3) is 1.00. The van der Waals surface area contributed by atoms with Gasteiger partial charge in [0.25, 0.3) is 0 Å². The van der Waals surface area contributed by atoms with E-state index in [0.717, 1.165) is 19.3 Å². The SMILES string of the molecule is CCN(C(C)(CC)CN)S(=O)(=O)CC1CC1. The van der Waals surface area contributed by atoms with Crippen molar-refractivity contribution in [2.24, 2.45) is 11.7 Å². The van der Waals surface area contributed by atoms with E-state index < -0.39 is 15.6 Å². The Morgan fingerprint density at radius 1 is 1.38 bits per heavy atom. The number of likely N-dealkylation sites (N-methyl/N-ethyl adjacent to an activating group) is 1. The van der Waals surface area contributed by atoms with Crippen LogP contribution in [0.5, 0.6) is 0 Å². The molecule has 1 unspecified atom stereocenters. The average Bonchev–Trinajstić information content (AvgIpc) is 3.01. The Bertz CT molecular complexity index is 319. The van der Waals surface area contributed by atoms with Crippen LogP contribution in [-0.2, 0) is 10.0 Å². The summed E-state index contributed by atoms with van der Waals surface area (Å²) in [4.78, 5) is 0. The molecule has 0 saturated heterocycles. The lowest BCUT2D eigenvalue weighted by Gasteiger charge is -2.38. The van der Waals surface area contributed by atoms with E-state index >= 15 is 0 Å². The van der Waals surface area contributed by atoms with Crippen LogP contribution in [0.3, 0.4) is 0 Å². The molecule has 4 nitrogen and oxygen atoms in total. The van der Waals surface area contributed by atoms with E-state index in [-0.39, 0.29) is 0 Å². The van der Waals surface area contributed by atoms with Gasteiger partial charge >= 0.3 is 0 Å². The lowest BCUT2D eigenvalue weighted by atomic mass is 9.99. The van der Waals surface area contributed by atoms with E-state index in [1.54, 1.807) is 4.31 Å². The van der Waals surface area contributed by atoms with E-state index in [9.17, 15) is 8.42 Å². The minimum absolute atomic E-state index is 0.302. The van der Waals surface area contributed by atoms with Crippen LogP contribution >= 0.6 is 0 Å². The maximum absolute atomic E-state index is 12.2. The highest BCUT2D eigenvalue weighted by atomic mass is 32.2. The van der Waals surface area contributed by atoms with Crippen molar-refractivity contribution in [1.29, 1.82) is 0 Å². The molecule has 1 aliphatic rings. The van der Waals surface area contributed by atoms with Crippen molar-refractivity contribution in [1.82, 2.24) is 4.31 Å². The fourth-order valence-electron chi connectivity index (χ4n) is 2.01. The first kappa shape index (κ1) is 13.9. The number of rotatable bonds is 7. The number of hydrogen-bond acceptors (Lipinski definition) is 3. The zero-order valence-electron chi connectivity index (χ0n) is 10.6. The molecule has 0 aromatic carbocycles. The average molecular weight is 248 g/mol. The summed E-state index contributed by atoms with van der Waals surface area (Å²) in [6.45, 7) is 6.69. The predicted molar refractivity (Wildman–Crippen MR) is 66.6 cm³/mol. The second kappa shape index (κ2) is 5.02. The molecule has 0 aromatic rings. The largest absolute Gasteiger partial charge is 0.329 e. The number of hydrogen-bond donors (Lipinski definition) is 1. The van der Waals surface area contributed by atoms with Crippen molar-refractivity contribution < 1.29 is 8.42 Å². The molecule has 1 aliphatic carbocycles. The summed E-state index contributed by atoms with van der Waals surface area (Å²) < 4.78 is 26.1. The summed E-state index contributed by atoms with van der Waals surface area (Å²) in [6.07, 6.45) is 2.87. The van der Waals surface area contributed by atoms with Crippen LogP contribution < -0.4 is 5.73 Å². The molecule has 0 amide bonds. The first-order valence-electron chi connectivity index (χ1n) is 6.10. The zero-order chi connectivity index (χ0) is 12.4. The maximum Gasteiger partial charge on any atom is 0.214 e. The molecule has 5 heteroatoms. The van der Waals surface area contributed by atoms with Crippen molar-refractivity contribution >= 4 is 10.0 Å². The highest BCUT2D eigenvalue weighted by molar-refractivity contribution is 7.89. The molecule has 96 valence electrons. The van der Waals surface area contributed by atoms with Crippen LogP contribution in [0, 0.1) is 5.92 Å². The summed E-state index contributed by atoms with van der Waals surface area (Å²) >= 11 is 0. The Balaban J connectivity index is 2.86. The minimum Gasteiger partial charge on any atom is -0.329 e. The van der Waals surface area contributed by atoms with Crippen LogP contribution in [0.15, 0.2) is 0 Å². The molecular formula is C11H24N2O2S. The fourth-order valence-corrected chi connectivity index (χ4v) is 4.39. The third kappa shape index (κ3) is 2.96. The van der Waals surface area contributed by atoms with Gasteiger partial charge in [0.15, 0.2) is 0 Å². The van der Waals surface area contributed by atoms with Crippen LogP contribution in [0.25, 0.3) is 0 Å². The van der Waals surface area contributed by atoms with Crippen LogP contribution in [-0.4, -0.2) is 37.1 Å². The van der Waals surface area contributed by atoms with Crippen LogP contribution in [0.1, 0.15) is 40.0 Å². The second-order valence-corrected chi connectivity index (χ2v) is 6.88. The minimum atomic E-state index is -3.14. The normalized spacial score (nSPS) is 21.1. The quantitative estimate of drug-likeness (QED) is 0.736. The molecular weight excluding hydrogens is 224 g/mol. The lowest BCUT2D eigenvalue weighted by Crippen LogP contribution is -2.54. The second-order valence-electron chi connectivity index (χ2n) is 4.94.